The van der Waals surface area contributed by atoms with Gasteiger partial charge in [0.2, 0.25) is 0 Å². The minimum Gasteiger partial charge on any atom is -0.309 e. The number of alkyl halides is 3. The summed E-state index contributed by atoms with van der Waals surface area (Å²) < 4.78 is 52.3. The Bertz CT molecular complexity index is 4260. The van der Waals surface area contributed by atoms with Crippen molar-refractivity contribution in [2.45, 2.75) is 20.0 Å². The Morgan fingerprint density at radius 3 is 1.36 bits per heavy atom. The van der Waals surface area contributed by atoms with Crippen LogP contribution in [0.2, 0.25) is 0 Å². The average molecular weight is 963 g/mol. The van der Waals surface area contributed by atoms with E-state index in [0.29, 0.717) is 39.7 Å². The molecule has 0 atom stereocenters. The van der Waals surface area contributed by atoms with Gasteiger partial charge < -0.3 is 9.13 Å². The van der Waals surface area contributed by atoms with Crippen molar-refractivity contribution in [1.29, 1.82) is 0 Å². The summed E-state index contributed by atoms with van der Waals surface area (Å²) in [6, 6.07) is 77.7. The van der Waals surface area contributed by atoms with Crippen molar-refractivity contribution >= 4 is 43.6 Å². The lowest BCUT2D eigenvalue weighted by Crippen LogP contribution is -2.10. The van der Waals surface area contributed by atoms with Gasteiger partial charge in [-0.1, -0.05) is 158 Å². The molecule has 0 amide bonds. The van der Waals surface area contributed by atoms with Crippen LogP contribution in [0.5, 0.6) is 0 Å². The lowest BCUT2D eigenvalue weighted by atomic mass is 9.94. The van der Waals surface area contributed by atoms with E-state index in [1.807, 2.05) is 146 Å². The van der Waals surface area contributed by atoms with Gasteiger partial charge in [0.25, 0.3) is 0 Å². The summed E-state index contributed by atoms with van der Waals surface area (Å²) in [6.45, 7) is 4.21. The molecule has 74 heavy (non-hydrogen) atoms. The van der Waals surface area contributed by atoms with E-state index in [-0.39, 0.29) is 5.56 Å². The van der Waals surface area contributed by atoms with Crippen molar-refractivity contribution < 1.29 is 13.2 Å². The Balaban J connectivity index is 1.10. The molecule has 0 radical (unpaired) electrons. The van der Waals surface area contributed by atoms with Crippen LogP contribution in [0.4, 0.5) is 13.2 Å². The number of hydrogen-bond donors (Lipinski definition) is 0. The maximum Gasteiger partial charge on any atom is 0.417 e. The lowest BCUT2D eigenvalue weighted by molar-refractivity contribution is -0.137. The smallest absolute Gasteiger partial charge is 0.309 e. The summed E-state index contributed by atoms with van der Waals surface area (Å²) in [4.78, 5) is 10.3. The molecule has 0 N–H and O–H groups in total. The van der Waals surface area contributed by atoms with Crippen molar-refractivity contribution in [3.8, 4) is 78.7 Å². The van der Waals surface area contributed by atoms with Gasteiger partial charge in [-0.25, -0.2) is 9.97 Å². The summed E-state index contributed by atoms with van der Waals surface area (Å²) >= 11 is 0. The van der Waals surface area contributed by atoms with E-state index in [4.69, 9.17) is 9.97 Å². The van der Waals surface area contributed by atoms with E-state index in [2.05, 4.69) is 95.8 Å². The summed E-state index contributed by atoms with van der Waals surface area (Å²) in [5, 5.41) is 3.98. The van der Waals surface area contributed by atoms with E-state index in [9.17, 15) is 0 Å². The monoisotopic (exact) mass is 962 g/mol. The summed E-state index contributed by atoms with van der Waals surface area (Å²) in [5.74, 6) is 0.389. The minimum atomic E-state index is -4.72. The number of benzene rings is 10. The SMILES string of the molecule is Cc1ccccc1-c1ccc2c(c1)c1ccccc1n2-c1ccc(C(F)(F)F)c(-c2cc(-c3nc(-c4ccccc4)cc(-c4ccccc4)n3)ccc2-n2c3ccccc3c3cc(-c4ccccc4C)ccc32)c1. The van der Waals surface area contributed by atoms with Crippen LogP contribution in [0, 0.1) is 13.8 Å². The number of hydrogen-bond acceptors (Lipinski definition) is 2. The first-order valence-electron chi connectivity index (χ1n) is 24.7. The predicted molar refractivity (Wildman–Crippen MR) is 298 cm³/mol. The standard InChI is InChI=1S/C67H45F3N4/c1-42-17-9-11-23-50(42)46-29-34-63-55(37-46)52-25-13-15-27-61(52)73(63)49-32-33-58(67(68,69)70)54(40-49)57-39-48(66-71-59(44-19-5-3-6-20-44)41-60(72-66)45-21-7-4-8-22-45)31-36-65(57)74-62-28-16-14-26-53(62)56-38-47(30-35-64(56)74)51-24-12-10-18-43(51)2/h3-41H,1-2H3. The highest BCUT2D eigenvalue weighted by atomic mass is 19.4. The molecule has 354 valence electrons. The van der Waals surface area contributed by atoms with Crippen LogP contribution in [-0.4, -0.2) is 19.1 Å². The van der Waals surface area contributed by atoms with Crippen LogP contribution in [0.1, 0.15) is 16.7 Å². The van der Waals surface area contributed by atoms with Crippen LogP contribution in [-0.2, 0) is 6.18 Å². The molecular formula is C67H45F3N4. The average Bonchev–Trinajstić information content (AvgIpc) is 3.97. The van der Waals surface area contributed by atoms with Gasteiger partial charge in [0.15, 0.2) is 5.82 Å². The van der Waals surface area contributed by atoms with E-state index < -0.39 is 11.7 Å². The Kier molecular flexibility index (Phi) is 10.7. The van der Waals surface area contributed by atoms with Gasteiger partial charge in [-0.3, -0.25) is 0 Å². The Morgan fingerprint density at radius 2 is 0.811 bits per heavy atom. The molecule has 0 spiro atoms. The van der Waals surface area contributed by atoms with Crippen molar-refractivity contribution in [2.75, 3.05) is 0 Å². The number of rotatable bonds is 8. The molecule has 0 aliphatic carbocycles. The number of nitrogens with zero attached hydrogens (tertiary/aromatic N) is 4. The molecule has 10 aromatic carbocycles. The fourth-order valence-electron chi connectivity index (χ4n) is 10.9. The molecule has 4 nitrogen and oxygen atoms in total. The predicted octanol–water partition coefficient (Wildman–Crippen LogP) is 18.3. The quantitative estimate of drug-likeness (QED) is 0.152. The van der Waals surface area contributed by atoms with Crippen LogP contribution < -0.4 is 0 Å². The maximum absolute atomic E-state index is 16.0. The fourth-order valence-corrected chi connectivity index (χ4v) is 10.9. The van der Waals surface area contributed by atoms with Gasteiger partial charge in [0.1, 0.15) is 0 Å². The van der Waals surface area contributed by atoms with Crippen LogP contribution in [0.15, 0.2) is 237 Å². The van der Waals surface area contributed by atoms with Gasteiger partial charge >= 0.3 is 6.18 Å². The third-order valence-electron chi connectivity index (χ3n) is 14.5. The molecule has 0 fully saturated rings. The molecular weight excluding hydrogens is 918 g/mol. The van der Waals surface area contributed by atoms with E-state index >= 15 is 13.2 Å². The Hall–Kier alpha value is -9.33. The molecule has 3 heterocycles. The Labute approximate surface area is 425 Å². The zero-order valence-corrected chi connectivity index (χ0v) is 40.4. The highest BCUT2D eigenvalue weighted by molar-refractivity contribution is 6.12. The summed E-state index contributed by atoms with van der Waals surface area (Å²) in [7, 11) is 0. The molecule has 13 aromatic rings. The van der Waals surface area contributed by atoms with E-state index in [1.54, 1.807) is 12.1 Å². The molecule has 0 aliphatic rings. The first kappa shape index (κ1) is 44.6. The van der Waals surface area contributed by atoms with Gasteiger partial charge in [0.05, 0.1) is 44.7 Å². The first-order valence-corrected chi connectivity index (χ1v) is 24.7. The van der Waals surface area contributed by atoms with Gasteiger partial charge in [-0.2, -0.15) is 13.2 Å². The zero-order valence-electron chi connectivity index (χ0n) is 40.4. The second-order valence-corrected chi connectivity index (χ2v) is 19.0. The maximum atomic E-state index is 16.0. The van der Waals surface area contributed by atoms with Gasteiger partial charge in [0, 0.05) is 49.5 Å². The summed E-state index contributed by atoms with van der Waals surface area (Å²) in [5.41, 5.74) is 14.7. The van der Waals surface area contributed by atoms with Crippen molar-refractivity contribution in [1.82, 2.24) is 19.1 Å². The van der Waals surface area contributed by atoms with Crippen molar-refractivity contribution in [2.24, 2.45) is 0 Å². The number of fused-ring (bicyclic) bond motifs is 6. The fraction of sp³-hybridized carbons (Fsp3) is 0.0448. The number of halogens is 3. The Morgan fingerprint density at radius 1 is 0.338 bits per heavy atom. The highest BCUT2D eigenvalue weighted by Crippen LogP contribution is 2.46. The normalized spacial score (nSPS) is 11.9. The summed E-state index contributed by atoms with van der Waals surface area (Å²) in [6.07, 6.45) is -4.72. The number of aryl methyl sites for hydroxylation is 2. The van der Waals surface area contributed by atoms with Crippen molar-refractivity contribution in [3.63, 3.8) is 0 Å². The molecule has 0 unspecified atom stereocenters. The molecule has 0 saturated carbocycles. The highest BCUT2D eigenvalue weighted by Gasteiger charge is 2.35. The van der Waals surface area contributed by atoms with Crippen LogP contribution in [0.25, 0.3) is 122 Å². The molecule has 3 aromatic heterocycles. The van der Waals surface area contributed by atoms with Gasteiger partial charge in [-0.15, -0.1) is 0 Å². The topological polar surface area (TPSA) is 35.6 Å². The van der Waals surface area contributed by atoms with E-state index in [1.165, 1.54) is 6.07 Å². The lowest BCUT2D eigenvalue weighted by Gasteiger charge is -2.21. The first-order chi connectivity index (χ1) is 36.2. The number of para-hydroxylation sites is 2. The van der Waals surface area contributed by atoms with Gasteiger partial charge in [-0.05, 0) is 132 Å². The largest absolute Gasteiger partial charge is 0.417 e. The van der Waals surface area contributed by atoms with Crippen LogP contribution in [0.3, 0.4) is 0 Å². The van der Waals surface area contributed by atoms with E-state index in [0.717, 1.165) is 88.1 Å². The molecule has 13 rings (SSSR count). The number of aromatic nitrogens is 4. The second-order valence-electron chi connectivity index (χ2n) is 19.0. The third-order valence-corrected chi connectivity index (χ3v) is 14.5. The molecule has 0 aliphatic heterocycles. The molecule has 7 heteroatoms. The van der Waals surface area contributed by atoms with Crippen LogP contribution >= 0.6 is 0 Å². The zero-order chi connectivity index (χ0) is 50.1. The second kappa shape index (κ2) is 17.8. The minimum absolute atomic E-state index is 0.0271. The molecule has 0 bridgehead atoms. The third kappa shape index (κ3) is 7.64. The van der Waals surface area contributed by atoms with Crippen molar-refractivity contribution in [3.05, 3.63) is 253 Å². The molecule has 0 saturated heterocycles.